The number of nitro groups is 1. The molecule has 8 heteroatoms. The van der Waals surface area contributed by atoms with Crippen molar-refractivity contribution < 1.29 is 9.72 Å². The van der Waals surface area contributed by atoms with Crippen molar-refractivity contribution in [3.63, 3.8) is 0 Å². The van der Waals surface area contributed by atoms with Gasteiger partial charge in [0.15, 0.2) is 0 Å². The van der Waals surface area contributed by atoms with Crippen LogP contribution in [0.3, 0.4) is 0 Å². The number of nitrogens with one attached hydrogen (secondary N) is 1. The summed E-state index contributed by atoms with van der Waals surface area (Å²) in [5.41, 5.74) is 2.06. The molecule has 0 bridgehead atoms. The van der Waals surface area contributed by atoms with Gasteiger partial charge in [0, 0.05) is 37.1 Å². The summed E-state index contributed by atoms with van der Waals surface area (Å²) < 4.78 is 1.65. The van der Waals surface area contributed by atoms with Gasteiger partial charge >= 0.3 is 0 Å². The molecule has 29 heavy (non-hydrogen) atoms. The Labute approximate surface area is 167 Å². The van der Waals surface area contributed by atoms with Gasteiger partial charge in [-0.1, -0.05) is 12.1 Å². The average molecular weight is 391 g/mol. The lowest BCUT2D eigenvalue weighted by molar-refractivity contribution is -0.384. The molecule has 148 valence electrons. The van der Waals surface area contributed by atoms with Gasteiger partial charge in [0.05, 0.1) is 16.3 Å². The zero-order valence-electron chi connectivity index (χ0n) is 15.8. The Morgan fingerprint density at radius 2 is 1.83 bits per heavy atom. The van der Waals surface area contributed by atoms with E-state index in [1.165, 1.54) is 6.07 Å². The molecule has 1 N–H and O–H groups in total. The second kappa shape index (κ2) is 8.14. The number of nitrogens with zero attached hydrogens (tertiary/aromatic N) is 4. The largest absolute Gasteiger partial charge is 0.366 e. The molecule has 0 aliphatic carbocycles. The van der Waals surface area contributed by atoms with Crippen LogP contribution < -0.4 is 10.2 Å². The van der Waals surface area contributed by atoms with Crippen molar-refractivity contribution in [2.45, 2.75) is 19.3 Å². The molecule has 4 rings (SSSR count). The van der Waals surface area contributed by atoms with Gasteiger partial charge in [-0.2, -0.15) is 5.10 Å². The number of amides is 1. The number of carbonyl (C=O) groups excluding carboxylic acids is 1. The summed E-state index contributed by atoms with van der Waals surface area (Å²) in [7, 11) is 0. The highest BCUT2D eigenvalue weighted by molar-refractivity contribution is 6.06. The summed E-state index contributed by atoms with van der Waals surface area (Å²) in [5, 5.41) is 18.7. The Kier molecular flexibility index (Phi) is 5.24. The molecule has 0 atom stereocenters. The molecule has 0 unspecified atom stereocenters. The molecule has 1 aromatic heterocycles. The molecular formula is C21H21N5O3. The van der Waals surface area contributed by atoms with E-state index in [0.717, 1.165) is 32.4 Å². The number of anilines is 2. The minimum atomic E-state index is -0.418. The van der Waals surface area contributed by atoms with Crippen LogP contribution in [0.2, 0.25) is 0 Å². The summed E-state index contributed by atoms with van der Waals surface area (Å²) in [4.78, 5) is 26.1. The number of piperidine rings is 1. The Morgan fingerprint density at radius 3 is 2.55 bits per heavy atom. The lowest BCUT2D eigenvalue weighted by atomic mass is 10.1. The number of aromatic nitrogens is 2. The number of hydrogen-bond acceptors (Lipinski definition) is 5. The van der Waals surface area contributed by atoms with Gasteiger partial charge in [-0.25, -0.2) is 4.68 Å². The van der Waals surface area contributed by atoms with E-state index in [2.05, 4.69) is 10.4 Å². The van der Waals surface area contributed by atoms with E-state index >= 15 is 0 Å². The SMILES string of the molecule is O=C(Nc1ccccc1-n1cccn1)c1ccc(N2CCCCC2)c([N+](=O)[O-])c1. The Hall–Kier alpha value is -3.68. The summed E-state index contributed by atoms with van der Waals surface area (Å²) in [6.07, 6.45) is 6.61. The van der Waals surface area contributed by atoms with Crippen LogP contribution in [0.25, 0.3) is 5.69 Å². The number of benzene rings is 2. The average Bonchev–Trinajstić information content (AvgIpc) is 3.29. The highest BCUT2D eigenvalue weighted by Gasteiger charge is 2.23. The predicted molar refractivity (Wildman–Crippen MR) is 111 cm³/mol. The summed E-state index contributed by atoms with van der Waals surface area (Å²) in [6.45, 7) is 1.59. The monoisotopic (exact) mass is 391 g/mol. The van der Waals surface area contributed by atoms with E-state index in [-0.39, 0.29) is 11.3 Å². The lowest BCUT2D eigenvalue weighted by Gasteiger charge is -2.28. The molecule has 0 spiro atoms. The van der Waals surface area contributed by atoms with Gasteiger partial charge < -0.3 is 10.2 Å². The Morgan fingerprint density at radius 1 is 1.03 bits per heavy atom. The molecule has 1 saturated heterocycles. The number of nitro benzene ring substituents is 1. The first-order chi connectivity index (χ1) is 14.1. The topological polar surface area (TPSA) is 93.3 Å². The van der Waals surface area contributed by atoms with Crippen molar-refractivity contribution in [3.05, 3.63) is 76.6 Å². The van der Waals surface area contributed by atoms with E-state index in [0.29, 0.717) is 17.1 Å². The minimum absolute atomic E-state index is 0.0417. The lowest BCUT2D eigenvalue weighted by Crippen LogP contribution is -2.30. The maximum atomic E-state index is 12.8. The summed E-state index contributed by atoms with van der Waals surface area (Å²) >= 11 is 0. The van der Waals surface area contributed by atoms with E-state index in [1.54, 1.807) is 41.3 Å². The molecule has 1 aliphatic heterocycles. The van der Waals surface area contributed by atoms with Crippen LogP contribution >= 0.6 is 0 Å². The van der Waals surface area contributed by atoms with Crippen molar-refractivity contribution in [2.24, 2.45) is 0 Å². The fourth-order valence-corrected chi connectivity index (χ4v) is 3.60. The van der Waals surface area contributed by atoms with E-state index in [4.69, 9.17) is 0 Å². The summed E-state index contributed by atoms with van der Waals surface area (Å²) in [5.74, 6) is -0.405. The van der Waals surface area contributed by atoms with E-state index in [9.17, 15) is 14.9 Å². The van der Waals surface area contributed by atoms with Crippen LogP contribution in [0.1, 0.15) is 29.6 Å². The maximum Gasteiger partial charge on any atom is 0.293 e. The Bertz CT molecular complexity index is 1030. The van der Waals surface area contributed by atoms with Crippen LogP contribution in [0.5, 0.6) is 0 Å². The third-order valence-corrected chi connectivity index (χ3v) is 5.03. The van der Waals surface area contributed by atoms with Crippen LogP contribution in [0.15, 0.2) is 60.9 Å². The first kappa shape index (κ1) is 18.7. The zero-order chi connectivity index (χ0) is 20.2. The van der Waals surface area contributed by atoms with Crippen molar-refractivity contribution >= 4 is 23.0 Å². The van der Waals surface area contributed by atoms with Gasteiger partial charge in [0.1, 0.15) is 5.69 Å². The van der Waals surface area contributed by atoms with Crippen LogP contribution in [-0.2, 0) is 0 Å². The van der Waals surface area contributed by atoms with Crippen molar-refractivity contribution in [2.75, 3.05) is 23.3 Å². The number of carbonyl (C=O) groups is 1. The number of hydrogen-bond donors (Lipinski definition) is 1. The van der Waals surface area contributed by atoms with Gasteiger partial charge in [0.25, 0.3) is 11.6 Å². The standard InChI is InChI=1S/C21H21N5O3/c27-21(23-17-7-2-3-8-18(17)25-14-6-11-22-25)16-9-10-19(20(15-16)26(28)29)24-12-4-1-5-13-24/h2-3,6-11,14-15H,1,4-5,12-13H2,(H,23,27). The molecule has 3 aromatic rings. The smallest absolute Gasteiger partial charge is 0.293 e. The van der Waals surface area contributed by atoms with Gasteiger partial charge in [-0.15, -0.1) is 0 Å². The van der Waals surface area contributed by atoms with Gasteiger partial charge in [-0.05, 0) is 49.6 Å². The molecule has 8 nitrogen and oxygen atoms in total. The first-order valence-electron chi connectivity index (χ1n) is 9.57. The van der Waals surface area contributed by atoms with Crippen molar-refractivity contribution in [3.8, 4) is 5.69 Å². The highest BCUT2D eigenvalue weighted by atomic mass is 16.6. The fourth-order valence-electron chi connectivity index (χ4n) is 3.60. The fraction of sp³-hybridized carbons (Fsp3) is 0.238. The minimum Gasteiger partial charge on any atom is -0.366 e. The maximum absolute atomic E-state index is 12.8. The normalized spacial score (nSPS) is 13.9. The molecular weight excluding hydrogens is 370 g/mol. The van der Waals surface area contributed by atoms with E-state index in [1.807, 2.05) is 23.1 Å². The van der Waals surface area contributed by atoms with E-state index < -0.39 is 10.8 Å². The molecule has 0 saturated carbocycles. The quantitative estimate of drug-likeness (QED) is 0.524. The van der Waals surface area contributed by atoms with Gasteiger partial charge in [-0.3, -0.25) is 14.9 Å². The molecule has 0 radical (unpaired) electrons. The third-order valence-electron chi connectivity index (χ3n) is 5.03. The zero-order valence-corrected chi connectivity index (χ0v) is 15.8. The van der Waals surface area contributed by atoms with Crippen LogP contribution in [0.4, 0.5) is 17.1 Å². The second-order valence-electron chi connectivity index (χ2n) is 6.93. The first-order valence-corrected chi connectivity index (χ1v) is 9.57. The summed E-state index contributed by atoms with van der Waals surface area (Å²) in [6, 6.07) is 13.7. The Balaban J connectivity index is 1.61. The molecule has 2 aromatic carbocycles. The van der Waals surface area contributed by atoms with Crippen molar-refractivity contribution in [1.29, 1.82) is 0 Å². The number of para-hydroxylation sites is 2. The molecule has 1 amide bonds. The number of rotatable bonds is 5. The van der Waals surface area contributed by atoms with Crippen LogP contribution in [-0.4, -0.2) is 33.7 Å². The van der Waals surface area contributed by atoms with Crippen LogP contribution in [0, 0.1) is 10.1 Å². The van der Waals surface area contributed by atoms with Crippen molar-refractivity contribution in [1.82, 2.24) is 9.78 Å². The highest BCUT2D eigenvalue weighted by Crippen LogP contribution is 2.31. The van der Waals surface area contributed by atoms with Gasteiger partial charge in [0.2, 0.25) is 0 Å². The molecule has 1 aliphatic rings. The molecule has 1 fully saturated rings. The molecule has 2 heterocycles. The predicted octanol–water partition coefficient (Wildman–Crippen LogP) is 4.02. The third kappa shape index (κ3) is 3.96. The second-order valence-corrected chi connectivity index (χ2v) is 6.93.